The van der Waals surface area contributed by atoms with Crippen LogP contribution in [0.2, 0.25) is 0 Å². The lowest BCUT2D eigenvalue weighted by Gasteiger charge is -2.26. The van der Waals surface area contributed by atoms with E-state index in [0.29, 0.717) is 0 Å². The van der Waals surface area contributed by atoms with Crippen molar-refractivity contribution in [3.63, 3.8) is 0 Å². The Morgan fingerprint density at radius 1 is 0.333 bits per heavy atom. The van der Waals surface area contributed by atoms with Crippen LogP contribution >= 0.6 is 0 Å². The van der Waals surface area contributed by atoms with Crippen LogP contribution in [0.5, 0.6) is 0 Å². The summed E-state index contributed by atoms with van der Waals surface area (Å²) in [4.78, 5) is 2.37. The van der Waals surface area contributed by atoms with E-state index in [1.807, 2.05) is 0 Å². The lowest BCUT2D eigenvalue weighted by molar-refractivity contribution is 0.827. The van der Waals surface area contributed by atoms with Crippen LogP contribution in [0.25, 0.3) is 76.7 Å². The molecule has 0 bridgehead atoms. The molecule has 0 radical (unpaired) electrons. The third kappa shape index (κ3) is 5.26. The minimum atomic E-state index is 0.929. The van der Waals surface area contributed by atoms with Gasteiger partial charge in [-0.05, 0) is 116 Å². The van der Waals surface area contributed by atoms with Gasteiger partial charge in [-0.1, -0.05) is 146 Å². The molecule has 0 N–H and O–H groups in total. The van der Waals surface area contributed by atoms with E-state index in [-0.39, 0.29) is 0 Å². The van der Waals surface area contributed by atoms with Gasteiger partial charge in [-0.15, -0.1) is 0 Å². The first kappa shape index (κ1) is 31.8. The number of anilines is 3. The van der Waals surface area contributed by atoms with E-state index < -0.39 is 0 Å². The third-order valence-corrected chi connectivity index (χ3v) is 11.0. The number of benzene rings is 9. The average molecular weight is 691 g/mol. The van der Waals surface area contributed by atoms with Crippen LogP contribution in [0.15, 0.2) is 200 Å². The highest BCUT2D eigenvalue weighted by Crippen LogP contribution is 2.45. The lowest BCUT2D eigenvalue weighted by Crippen LogP contribution is -2.09. The second kappa shape index (κ2) is 13.3. The predicted octanol–water partition coefficient (Wildman–Crippen LogP) is 14.6. The van der Waals surface area contributed by atoms with E-state index in [4.69, 9.17) is 0 Å². The van der Waals surface area contributed by atoms with Gasteiger partial charge < -0.3 is 9.47 Å². The Kier molecular flexibility index (Phi) is 7.81. The summed E-state index contributed by atoms with van der Waals surface area (Å²) >= 11 is 0. The van der Waals surface area contributed by atoms with Crippen LogP contribution in [0.4, 0.5) is 17.1 Å². The van der Waals surface area contributed by atoms with Crippen molar-refractivity contribution in [3.8, 4) is 33.4 Å². The van der Waals surface area contributed by atoms with Crippen LogP contribution < -0.4 is 4.90 Å². The van der Waals surface area contributed by atoms with E-state index in [9.17, 15) is 0 Å². The maximum Gasteiger partial charge on any atom is 0.0492 e. The monoisotopic (exact) mass is 690 g/mol. The standard InChI is InChI=1S/C52H38N2/c1-2-53-49-25-15-14-22-43(49)47-35-42(31-33-50(47)53)54(40-20-10-5-11-21-40)41-29-26-36(27-30-41)39-28-32-46-48(34-39)52(38-18-8-4-9-19-38)45-24-13-12-23-44(45)51(46)37-16-6-3-7-17-37/h3-35H,2H2,1H3. The molecule has 0 aliphatic carbocycles. The molecule has 1 aromatic heterocycles. The second-order valence-corrected chi connectivity index (χ2v) is 14.0. The van der Waals surface area contributed by atoms with Crippen LogP contribution in [-0.2, 0) is 6.54 Å². The van der Waals surface area contributed by atoms with E-state index in [2.05, 4.69) is 217 Å². The van der Waals surface area contributed by atoms with Crippen LogP contribution in [0.1, 0.15) is 6.92 Å². The van der Waals surface area contributed by atoms with Crippen molar-refractivity contribution in [3.05, 3.63) is 200 Å². The summed E-state index contributed by atoms with van der Waals surface area (Å²) in [6.45, 7) is 3.15. The summed E-state index contributed by atoms with van der Waals surface area (Å²) < 4.78 is 2.41. The largest absolute Gasteiger partial charge is 0.341 e. The topological polar surface area (TPSA) is 8.17 Å². The van der Waals surface area contributed by atoms with Gasteiger partial charge in [0.1, 0.15) is 0 Å². The van der Waals surface area contributed by atoms with Crippen LogP contribution in [0, 0.1) is 0 Å². The van der Waals surface area contributed by atoms with Gasteiger partial charge in [0, 0.05) is 45.4 Å². The fourth-order valence-electron chi connectivity index (χ4n) is 8.54. The van der Waals surface area contributed by atoms with Gasteiger partial charge in [-0.25, -0.2) is 0 Å². The number of hydrogen-bond donors (Lipinski definition) is 0. The smallest absolute Gasteiger partial charge is 0.0492 e. The Morgan fingerprint density at radius 3 is 1.46 bits per heavy atom. The zero-order chi connectivity index (χ0) is 36.0. The van der Waals surface area contributed by atoms with Crippen molar-refractivity contribution < 1.29 is 0 Å². The molecule has 10 aromatic rings. The van der Waals surface area contributed by atoms with Gasteiger partial charge in [0.2, 0.25) is 0 Å². The van der Waals surface area contributed by atoms with Gasteiger partial charge in [0.05, 0.1) is 0 Å². The molecule has 0 aliphatic rings. The van der Waals surface area contributed by atoms with Gasteiger partial charge >= 0.3 is 0 Å². The molecule has 0 spiro atoms. The molecule has 0 fully saturated rings. The molecule has 9 aromatic carbocycles. The maximum absolute atomic E-state index is 2.41. The van der Waals surface area contributed by atoms with Crippen molar-refractivity contribution in [1.29, 1.82) is 0 Å². The van der Waals surface area contributed by atoms with E-state index >= 15 is 0 Å². The molecule has 0 saturated heterocycles. The quantitative estimate of drug-likeness (QED) is 0.151. The Bertz CT molecular complexity index is 2940. The first-order chi connectivity index (χ1) is 26.8. The number of para-hydroxylation sites is 2. The number of hydrogen-bond acceptors (Lipinski definition) is 1. The molecule has 10 rings (SSSR count). The lowest BCUT2D eigenvalue weighted by atomic mass is 9.85. The van der Waals surface area contributed by atoms with Crippen molar-refractivity contribution in [2.45, 2.75) is 13.5 Å². The Morgan fingerprint density at radius 2 is 0.815 bits per heavy atom. The maximum atomic E-state index is 2.41. The predicted molar refractivity (Wildman–Crippen MR) is 231 cm³/mol. The van der Waals surface area contributed by atoms with Crippen molar-refractivity contribution in [2.24, 2.45) is 0 Å². The van der Waals surface area contributed by atoms with E-state index in [1.54, 1.807) is 0 Å². The number of nitrogens with zero attached hydrogens (tertiary/aromatic N) is 2. The highest BCUT2D eigenvalue weighted by atomic mass is 15.1. The molecule has 0 saturated carbocycles. The fourth-order valence-corrected chi connectivity index (χ4v) is 8.54. The minimum Gasteiger partial charge on any atom is -0.341 e. The number of aromatic nitrogens is 1. The Hall–Kier alpha value is -6.90. The van der Waals surface area contributed by atoms with Crippen molar-refractivity contribution in [2.75, 3.05) is 4.90 Å². The molecular weight excluding hydrogens is 653 g/mol. The highest BCUT2D eigenvalue weighted by molar-refractivity contribution is 6.22. The molecule has 1 heterocycles. The molecule has 0 amide bonds. The molecule has 256 valence electrons. The molecule has 54 heavy (non-hydrogen) atoms. The summed E-state index contributed by atoms with van der Waals surface area (Å²) in [7, 11) is 0. The SMILES string of the molecule is CCn1c2ccccc2c2cc(N(c3ccccc3)c3ccc(-c4ccc5c(-c6ccccc6)c6ccccc6c(-c6ccccc6)c5c4)cc3)ccc21. The zero-order valence-electron chi connectivity index (χ0n) is 30.2. The molecule has 2 heteroatoms. The highest BCUT2D eigenvalue weighted by Gasteiger charge is 2.19. The fraction of sp³-hybridized carbons (Fsp3) is 0.0385. The Labute approximate surface area is 315 Å². The number of fused-ring (bicyclic) bond motifs is 5. The van der Waals surface area contributed by atoms with Gasteiger partial charge in [0.15, 0.2) is 0 Å². The summed E-state index contributed by atoms with van der Waals surface area (Å²) in [5, 5.41) is 7.61. The summed E-state index contributed by atoms with van der Waals surface area (Å²) in [6.07, 6.45) is 0. The number of rotatable bonds is 7. The minimum absolute atomic E-state index is 0.929. The van der Waals surface area contributed by atoms with Crippen molar-refractivity contribution in [1.82, 2.24) is 4.57 Å². The Balaban J connectivity index is 1.13. The van der Waals surface area contributed by atoms with Gasteiger partial charge in [-0.2, -0.15) is 0 Å². The van der Waals surface area contributed by atoms with Gasteiger partial charge in [0.25, 0.3) is 0 Å². The molecule has 0 unspecified atom stereocenters. The van der Waals surface area contributed by atoms with Crippen molar-refractivity contribution >= 4 is 60.4 Å². The summed E-state index contributed by atoms with van der Waals surface area (Å²) in [6, 6.07) is 73.0. The summed E-state index contributed by atoms with van der Waals surface area (Å²) in [5.41, 5.74) is 13.3. The first-order valence-corrected chi connectivity index (χ1v) is 18.8. The zero-order valence-corrected chi connectivity index (χ0v) is 30.2. The normalized spacial score (nSPS) is 11.5. The average Bonchev–Trinajstić information content (AvgIpc) is 3.57. The van der Waals surface area contributed by atoms with Crippen LogP contribution in [-0.4, -0.2) is 4.57 Å². The van der Waals surface area contributed by atoms with E-state index in [0.717, 1.165) is 23.6 Å². The molecule has 0 atom stereocenters. The molecule has 2 nitrogen and oxygen atoms in total. The second-order valence-electron chi connectivity index (χ2n) is 14.0. The molecule has 0 aliphatic heterocycles. The van der Waals surface area contributed by atoms with Crippen LogP contribution in [0.3, 0.4) is 0 Å². The van der Waals surface area contributed by atoms with Gasteiger partial charge in [-0.3, -0.25) is 0 Å². The summed E-state index contributed by atoms with van der Waals surface area (Å²) in [5.74, 6) is 0. The van der Waals surface area contributed by atoms with E-state index in [1.165, 1.54) is 76.7 Å². The molecular formula is C52H38N2. The number of aryl methyl sites for hydroxylation is 1. The first-order valence-electron chi connectivity index (χ1n) is 18.8. The third-order valence-electron chi connectivity index (χ3n) is 11.0.